The Morgan fingerprint density at radius 1 is 1.33 bits per heavy atom. The fraction of sp³-hybridized carbons (Fsp3) is 0.722. The third-order valence-corrected chi connectivity index (χ3v) is 5.58. The van der Waals surface area contributed by atoms with Crippen molar-refractivity contribution in [2.24, 2.45) is 16.7 Å². The number of carbonyl (C=O) groups is 1. The Balaban J connectivity index is 2.27. The topological polar surface area (TPSA) is 26.3 Å². The lowest BCUT2D eigenvalue weighted by atomic mass is 9.53. The molecule has 0 bridgehead atoms. The maximum Gasteiger partial charge on any atom is 0.166 e. The standard InChI is InChI=1S/C18H27ClO2/c1-12(2)11-21-14-8-16(20)18(17(4,5)9-14)7-6-13(3)15(19)10-18/h8,12H,6-7,9-11H2,1-5H3/t18-/m1/s1. The quantitative estimate of drug-likeness (QED) is 0.714. The third-order valence-electron chi connectivity index (χ3n) is 5.12. The molecule has 3 heteroatoms. The number of hydrogen-bond donors (Lipinski definition) is 0. The molecule has 0 N–H and O–H groups in total. The van der Waals surface area contributed by atoms with Crippen LogP contribution < -0.4 is 0 Å². The van der Waals surface area contributed by atoms with Gasteiger partial charge in [-0.05, 0) is 37.5 Å². The van der Waals surface area contributed by atoms with Crippen LogP contribution in [0.2, 0.25) is 0 Å². The summed E-state index contributed by atoms with van der Waals surface area (Å²) < 4.78 is 5.83. The minimum Gasteiger partial charge on any atom is -0.498 e. The number of ether oxygens (including phenoxy) is 1. The number of rotatable bonds is 3. The molecule has 1 spiro atoms. The molecule has 0 aromatic carbocycles. The highest BCUT2D eigenvalue weighted by Gasteiger charge is 2.53. The first-order chi connectivity index (χ1) is 9.68. The van der Waals surface area contributed by atoms with Crippen molar-refractivity contribution in [2.75, 3.05) is 6.61 Å². The van der Waals surface area contributed by atoms with E-state index in [1.165, 1.54) is 5.57 Å². The Hall–Kier alpha value is -0.760. The maximum atomic E-state index is 12.9. The van der Waals surface area contributed by atoms with Gasteiger partial charge < -0.3 is 4.74 Å². The molecule has 0 saturated carbocycles. The summed E-state index contributed by atoms with van der Waals surface area (Å²) in [5.74, 6) is 1.50. The predicted molar refractivity (Wildman–Crippen MR) is 87.1 cm³/mol. The van der Waals surface area contributed by atoms with Gasteiger partial charge in [-0.2, -0.15) is 0 Å². The number of halogens is 1. The second-order valence-corrected chi connectivity index (χ2v) is 8.14. The van der Waals surface area contributed by atoms with E-state index in [0.717, 1.165) is 30.1 Å². The Kier molecular flexibility index (Phi) is 4.58. The number of hydrogen-bond acceptors (Lipinski definition) is 2. The molecular weight excluding hydrogens is 284 g/mol. The van der Waals surface area contributed by atoms with E-state index < -0.39 is 0 Å². The van der Waals surface area contributed by atoms with Crippen LogP contribution >= 0.6 is 11.6 Å². The summed E-state index contributed by atoms with van der Waals surface area (Å²) in [6, 6.07) is 0. The predicted octanol–water partition coefficient (Wildman–Crippen LogP) is 5.23. The zero-order valence-electron chi connectivity index (χ0n) is 13.9. The van der Waals surface area contributed by atoms with Gasteiger partial charge in [0.15, 0.2) is 5.78 Å². The zero-order chi connectivity index (χ0) is 15.8. The summed E-state index contributed by atoms with van der Waals surface area (Å²) in [5.41, 5.74) is 0.761. The van der Waals surface area contributed by atoms with Gasteiger partial charge in [-0.15, -0.1) is 0 Å². The van der Waals surface area contributed by atoms with Crippen molar-refractivity contribution in [1.29, 1.82) is 0 Å². The van der Waals surface area contributed by atoms with Crippen LogP contribution in [-0.2, 0) is 9.53 Å². The van der Waals surface area contributed by atoms with Gasteiger partial charge in [-0.25, -0.2) is 0 Å². The Morgan fingerprint density at radius 3 is 2.52 bits per heavy atom. The van der Waals surface area contributed by atoms with Crippen LogP contribution in [0.5, 0.6) is 0 Å². The molecule has 2 aliphatic carbocycles. The van der Waals surface area contributed by atoms with E-state index in [1.54, 1.807) is 6.08 Å². The van der Waals surface area contributed by atoms with Gasteiger partial charge in [0, 0.05) is 22.9 Å². The fourth-order valence-electron chi connectivity index (χ4n) is 3.47. The molecular formula is C18H27ClO2. The van der Waals surface area contributed by atoms with Crippen molar-refractivity contribution >= 4 is 17.4 Å². The molecule has 0 aliphatic heterocycles. The molecule has 2 nitrogen and oxygen atoms in total. The summed E-state index contributed by atoms with van der Waals surface area (Å²) >= 11 is 6.40. The SMILES string of the molecule is CC1=C(Cl)C[C@]2(CC1)C(=O)C=C(OCC(C)C)CC2(C)C. The van der Waals surface area contributed by atoms with Gasteiger partial charge in [0.25, 0.3) is 0 Å². The lowest BCUT2D eigenvalue weighted by Crippen LogP contribution is -2.48. The van der Waals surface area contributed by atoms with Crippen molar-refractivity contribution in [3.63, 3.8) is 0 Å². The molecule has 0 amide bonds. The molecule has 2 aliphatic rings. The lowest BCUT2D eigenvalue weighted by molar-refractivity contribution is -0.134. The van der Waals surface area contributed by atoms with Crippen LogP contribution in [0.4, 0.5) is 0 Å². The Labute approximate surface area is 133 Å². The lowest BCUT2D eigenvalue weighted by Gasteiger charge is -2.50. The molecule has 21 heavy (non-hydrogen) atoms. The molecule has 118 valence electrons. The normalized spacial score (nSPS) is 29.1. The summed E-state index contributed by atoms with van der Waals surface area (Å²) in [7, 11) is 0. The summed E-state index contributed by atoms with van der Waals surface area (Å²) in [6.45, 7) is 11.3. The van der Waals surface area contributed by atoms with Gasteiger partial charge in [0.05, 0.1) is 6.61 Å². The highest BCUT2D eigenvalue weighted by Crippen LogP contribution is 2.57. The van der Waals surface area contributed by atoms with Crippen LogP contribution in [0.15, 0.2) is 22.4 Å². The van der Waals surface area contributed by atoms with Crippen LogP contribution in [0.25, 0.3) is 0 Å². The minimum absolute atomic E-state index is 0.119. The van der Waals surface area contributed by atoms with Crippen LogP contribution in [0.1, 0.15) is 60.3 Å². The largest absolute Gasteiger partial charge is 0.498 e. The minimum atomic E-state index is -0.353. The second-order valence-electron chi connectivity index (χ2n) is 7.68. The van der Waals surface area contributed by atoms with Gasteiger partial charge in [0.2, 0.25) is 0 Å². The summed E-state index contributed by atoms with van der Waals surface area (Å²) in [6.07, 6.45) is 5.05. The summed E-state index contributed by atoms with van der Waals surface area (Å²) in [5, 5.41) is 0.877. The van der Waals surface area contributed by atoms with Gasteiger partial charge >= 0.3 is 0 Å². The molecule has 0 aromatic heterocycles. The van der Waals surface area contributed by atoms with Gasteiger partial charge in [-0.3, -0.25) is 4.79 Å². The van der Waals surface area contributed by atoms with E-state index in [-0.39, 0.29) is 16.6 Å². The first kappa shape index (κ1) is 16.6. The summed E-state index contributed by atoms with van der Waals surface area (Å²) in [4.78, 5) is 12.9. The van der Waals surface area contributed by atoms with E-state index in [0.29, 0.717) is 18.9 Å². The maximum absolute atomic E-state index is 12.9. The number of carbonyl (C=O) groups excluding carboxylic acids is 1. The third kappa shape index (κ3) is 3.06. The first-order valence-corrected chi connectivity index (χ1v) is 8.28. The zero-order valence-corrected chi connectivity index (χ0v) is 14.6. The van der Waals surface area contributed by atoms with Crippen LogP contribution in [0.3, 0.4) is 0 Å². The second kappa shape index (κ2) is 5.79. The average molecular weight is 311 g/mol. The van der Waals surface area contributed by atoms with Crippen molar-refractivity contribution in [2.45, 2.75) is 60.3 Å². The fourth-order valence-corrected chi connectivity index (χ4v) is 3.79. The van der Waals surface area contributed by atoms with E-state index in [2.05, 4.69) is 34.6 Å². The molecule has 0 aromatic rings. The molecule has 0 heterocycles. The molecule has 0 fully saturated rings. The van der Waals surface area contributed by atoms with E-state index >= 15 is 0 Å². The first-order valence-electron chi connectivity index (χ1n) is 7.90. The Bertz CT molecular complexity index is 499. The van der Waals surface area contributed by atoms with Crippen molar-refractivity contribution in [3.05, 3.63) is 22.4 Å². The molecule has 0 radical (unpaired) electrons. The van der Waals surface area contributed by atoms with Gasteiger partial charge in [0.1, 0.15) is 5.76 Å². The highest BCUT2D eigenvalue weighted by molar-refractivity contribution is 6.30. The van der Waals surface area contributed by atoms with Crippen LogP contribution in [-0.4, -0.2) is 12.4 Å². The molecule has 0 saturated heterocycles. The molecule has 2 rings (SSSR count). The van der Waals surface area contributed by atoms with Crippen molar-refractivity contribution < 1.29 is 9.53 Å². The monoisotopic (exact) mass is 310 g/mol. The van der Waals surface area contributed by atoms with Crippen molar-refractivity contribution in [1.82, 2.24) is 0 Å². The average Bonchev–Trinajstić information content (AvgIpc) is 2.37. The molecule has 1 atom stereocenters. The molecule has 0 unspecified atom stereocenters. The number of allylic oxidation sites excluding steroid dienone is 4. The van der Waals surface area contributed by atoms with Crippen LogP contribution in [0, 0.1) is 16.7 Å². The highest BCUT2D eigenvalue weighted by atomic mass is 35.5. The van der Waals surface area contributed by atoms with E-state index in [1.807, 2.05) is 0 Å². The smallest absolute Gasteiger partial charge is 0.166 e. The van der Waals surface area contributed by atoms with Crippen molar-refractivity contribution in [3.8, 4) is 0 Å². The van der Waals surface area contributed by atoms with Gasteiger partial charge in [-0.1, -0.05) is 44.9 Å². The number of ketones is 1. The van der Waals surface area contributed by atoms with E-state index in [9.17, 15) is 4.79 Å². The van der Waals surface area contributed by atoms with E-state index in [4.69, 9.17) is 16.3 Å². The Morgan fingerprint density at radius 2 is 2.00 bits per heavy atom.